The number of hydrogen-bond donors (Lipinski definition) is 2. The van der Waals surface area contributed by atoms with E-state index in [0.717, 1.165) is 10.0 Å². The van der Waals surface area contributed by atoms with Crippen LogP contribution in [0.1, 0.15) is 5.56 Å². The van der Waals surface area contributed by atoms with Gasteiger partial charge in [0.05, 0.1) is 5.69 Å². The largest absolute Gasteiger partial charge is 0.373 e. The number of anilines is 3. The Bertz CT molecular complexity index is 574. The van der Waals surface area contributed by atoms with E-state index < -0.39 is 0 Å². The van der Waals surface area contributed by atoms with E-state index in [2.05, 4.69) is 36.5 Å². The second-order valence-corrected chi connectivity index (χ2v) is 4.61. The minimum Gasteiger partial charge on any atom is -0.373 e. The molecular weight excluding hydrogens is 299 g/mol. The topological polar surface area (TPSA) is 49.8 Å². The minimum atomic E-state index is -0.331. The first-order chi connectivity index (χ1) is 8.61. The molecule has 0 bridgehead atoms. The highest BCUT2D eigenvalue weighted by molar-refractivity contribution is 9.10. The summed E-state index contributed by atoms with van der Waals surface area (Å²) in [5.74, 6) is 0.955. The molecule has 18 heavy (non-hydrogen) atoms. The standard InChI is InChI=1S/C12H12BrFN4/c1-7-11(15-2)16-6-17-12(7)18-10-5-8(13)3-4-9(10)14/h3-6H,1-2H3,(H2,15,16,17,18). The molecule has 0 fully saturated rings. The Hall–Kier alpha value is -1.69. The SMILES string of the molecule is CNc1ncnc(Nc2cc(Br)ccc2F)c1C. The Labute approximate surface area is 113 Å². The van der Waals surface area contributed by atoms with Crippen molar-refractivity contribution in [2.45, 2.75) is 6.92 Å². The number of aromatic nitrogens is 2. The maximum absolute atomic E-state index is 13.6. The van der Waals surface area contributed by atoms with Crippen LogP contribution in [0.4, 0.5) is 21.7 Å². The summed E-state index contributed by atoms with van der Waals surface area (Å²) >= 11 is 3.30. The molecule has 0 atom stereocenters. The van der Waals surface area contributed by atoms with E-state index in [1.807, 2.05) is 6.92 Å². The van der Waals surface area contributed by atoms with E-state index in [9.17, 15) is 4.39 Å². The summed E-state index contributed by atoms with van der Waals surface area (Å²) in [6.45, 7) is 1.87. The van der Waals surface area contributed by atoms with Gasteiger partial charge in [0, 0.05) is 17.1 Å². The van der Waals surface area contributed by atoms with Crippen molar-refractivity contribution in [1.29, 1.82) is 0 Å². The molecular formula is C12H12BrFN4. The van der Waals surface area contributed by atoms with Gasteiger partial charge in [0.25, 0.3) is 0 Å². The fourth-order valence-electron chi connectivity index (χ4n) is 1.55. The molecule has 0 aliphatic carbocycles. The van der Waals surface area contributed by atoms with Crippen molar-refractivity contribution in [2.24, 2.45) is 0 Å². The molecule has 0 spiro atoms. The molecule has 2 aromatic rings. The lowest BCUT2D eigenvalue weighted by Gasteiger charge is -2.11. The van der Waals surface area contributed by atoms with Gasteiger partial charge in [-0.1, -0.05) is 15.9 Å². The molecule has 1 aromatic carbocycles. The van der Waals surface area contributed by atoms with Crippen LogP contribution in [-0.4, -0.2) is 17.0 Å². The summed E-state index contributed by atoms with van der Waals surface area (Å²) in [4.78, 5) is 8.18. The summed E-state index contributed by atoms with van der Waals surface area (Å²) in [7, 11) is 1.78. The Kier molecular flexibility index (Phi) is 3.76. The zero-order chi connectivity index (χ0) is 13.1. The van der Waals surface area contributed by atoms with Crippen LogP contribution in [-0.2, 0) is 0 Å². The molecule has 2 rings (SSSR count). The van der Waals surface area contributed by atoms with E-state index in [1.165, 1.54) is 12.4 Å². The van der Waals surface area contributed by atoms with Gasteiger partial charge in [-0.3, -0.25) is 0 Å². The summed E-state index contributed by atoms with van der Waals surface area (Å²) in [5, 5.41) is 5.91. The molecule has 0 aliphatic rings. The first kappa shape index (κ1) is 12.8. The molecule has 0 unspecified atom stereocenters. The summed E-state index contributed by atoms with van der Waals surface area (Å²) in [6, 6.07) is 4.70. The van der Waals surface area contributed by atoms with Crippen LogP contribution in [0, 0.1) is 12.7 Å². The van der Waals surface area contributed by atoms with Gasteiger partial charge in [-0.25, -0.2) is 14.4 Å². The highest BCUT2D eigenvalue weighted by Crippen LogP contribution is 2.26. The first-order valence-electron chi connectivity index (χ1n) is 5.33. The number of rotatable bonds is 3. The average molecular weight is 311 g/mol. The normalized spacial score (nSPS) is 10.2. The number of nitrogens with zero attached hydrogens (tertiary/aromatic N) is 2. The van der Waals surface area contributed by atoms with Crippen LogP contribution < -0.4 is 10.6 Å². The number of benzene rings is 1. The molecule has 0 saturated heterocycles. The lowest BCUT2D eigenvalue weighted by molar-refractivity contribution is 0.631. The van der Waals surface area contributed by atoms with Gasteiger partial charge in [-0.05, 0) is 25.1 Å². The van der Waals surface area contributed by atoms with Crippen LogP contribution in [0.3, 0.4) is 0 Å². The lowest BCUT2D eigenvalue weighted by atomic mass is 10.2. The predicted octanol–water partition coefficient (Wildman–Crippen LogP) is 3.47. The van der Waals surface area contributed by atoms with E-state index in [4.69, 9.17) is 0 Å². The number of nitrogens with one attached hydrogen (secondary N) is 2. The molecule has 0 saturated carbocycles. The second kappa shape index (κ2) is 5.30. The van der Waals surface area contributed by atoms with Crippen molar-refractivity contribution in [1.82, 2.24) is 9.97 Å². The van der Waals surface area contributed by atoms with Crippen molar-refractivity contribution in [3.8, 4) is 0 Å². The third-order valence-electron chi connectivity index (χ3n) is 2.50. The molecule has 1 heterocycles. The third kappa shape index (κ3) is 2.59. The molecule has 1 aromatic heterocycles. The Morgan fingerprint density at radius 2 is 1.94 bits per heavy atom. The minimum absolute atomic E-state index is 0.331. The maximum atomic E-state index is 13.6. The number of halogens is 2. The van der Waals surface area contributed by atoms with E-state index >= 15 is 0 Å². The summed E-state index contributed by atoms with van der Waals surface area (Å²) in [5.41, 5.74) is 1.20. The van der Waals surface area contributed by atoms with E-state index in [-0.39, 0.29) is 5.82 Å². The highest BCUT2D eigenvalue weighted by Gasteiger charge is 2.08. The lowest BCUT2D eigenvalue weighted by Crippen LogP contribution is -2.03. The van der Waals surface area contributed by atoms with Crippen molar-refractivity contribution >= 4 is 33.3 Å². The number of hydrogen-bond acceptors (Lipinski definition) is 4. The molecule has 0 amide bonds. The monoisotopic (exact) mass is 310 g/mol. The van der Waals surface area contributed by atoms with Crippen molar-refractivity contribution in [3.63, 3.8) is 0 Å². The van der Waals surface area contributed by atoms with Gasteiger partial charge in [0.2, 0.25) is 0 Å². The molecule has 2 N–H and O–H groups in total. The Morgan fingerprint density at radius 3 is 2.67 bits per heavy atom. The van der Waals surface area contributed by atoms with Gasteiger partial charge in [0.15, 0.2) is 0 Å². The summed E-state index contributed by atoms with van der Waals surface area (Å²) < 4.78 is 14.4. The van der Waals surface area contributed by atoms with Gasteiger partial charge in [-0.15, -0.1) is 0 Å². The molecule has 6 heteroatoms. The fourth-order valence-corrected chi connectivity index (χ4v) is 1.91. The maximum Gasteiger partial charge on any atom is 0.146 e. The van der Waals surface area contributed by atoms with Gasteiger partial charge in [-0.2, -0.15) is 0 Å². The van der Waals surface area contributed by atoms with Crippen LogP contribution in [0.5, 0.6) is 0 Å². The third-order valence-corrected chi connectivity index (χ3v) is 3.00. The van der Waals surface area contributed by atoms with Gasteiger partial charge < -0.3 is 10.6 Å². The van der Waals surface area contributed by atoms with Crippen LogP contribution in [0.2, 0.25) is 0 Å². The molecule has 4 nitrogen and oxygen atoms in total. The Balaban J connectivity index is 2.37. The second-order valence-electron chi connectivity index (χ2n) is 3.70. The molecule has 0 radical (unpaired) electrons. The Morgan fingerprint density at radius 1 is 1.22 bits per heavy atom. The van der Waals surface area contributed by atoms with Gasteiger partial charge in [0.1, 0.15) is 23.8 Å². The zero-order valence-electron chi connectivity index (χ0n) is 9.96. The van der Waals surface area contributed by atoms with Crippen molar-refractivity contribution in [2.75, 3.05) is 17.7 Å². The molecule has 94 valence electrons. The predicted molar refractivity (Wildman–Crippen MR) is 73.7 cm³/mol. The first-order valence-corrected chi connectivity index (χ1v) is 6.12. The zero-order valence-corrected chi connectivity index (χ0v) is 11.5. The fraction of sp³-hybridized carbons (Fsp3) is 0.167. The van der Waals surface area contributed by atoms with E-state index in [0.29, 0.717) is 17.3 Å². The van der Waals surface area contributed by atoms with Gasteiger partial charge >= 0.3 is 0 Å². The highest BCUT2D eigenvalue weighted by atomic mass is 79.9. The smallest absolute Gasteiger partial charge is 0.146 e. The van der Waals surface area contributed by atoms with E-state index in [1.54, 1.807) is 19.2 Å². The van der Waals surface area contributed by atoms with Crippen molar-refractivity contribution < 1.29 is 4.39 Å². The average Bonchev–Trinajstić information content (AvgIpc) is 2.36. The summed E-state index contributed by atoms with van der Waals surface area (Å²) in [6.07, 6.45) is 1.43. The van der Waals surface area contributed by atoms with Crippen LogP contribution in [0.25, 0.3) is 0 Å². The van der Waals surface area contributed by atoms with Crippen molar-refractivity contribution in [3.05, 3.63) is 40.4 Å². The van der Waals surface area contributed by atoms with Crippen LogP contribution in [0.15, 0.2) is 29.0 Å². The molecule has 0 aliphatic heterocycles. The quantitative estimate of drug-likeness (QED) is 0.911. The van der Waals surface area contributed by atoms with Crippen LogP contribution >= 0.6 is 15.9 Å².